The summed E-state index contributed by atoms with van der Waals surface area (Å²) in [5, 5.41) is 25.0. The summed E-state index contributed by atoms with van der Waals surface area (Å²) >= 11 is 0. The largest absolute Gasteiger partial charge is 0.491 e. The quantitative estimate of drug-likeness (QED) is 0.204. The van der Waals surface area contributed by atoms with Crippen LogP contribution in [0.15, 0.2) is 60.7 Å². The number of aliphatic hydroxyl groups is 1. The molecule has 0 fully saturated rings. The first-order chi connectivity index (χ1) is 17.5. The highest BCUT2D eigenvalue weighted by Gasteiger charge is 2.60. The smallest absolute Gasteiger partial charge is 0.429 e. The second-order valence-corrected chi connectivity index (χ2v) is 8.47. The molecule has 1 unspecified atom stereocenters. The summed E-state index contributed by atoms with van der Waals surface area (Å²) in [7, 11) is 0. The number of nitrogens with zero attached hydrogens (tertiary/aromatic N) is 2. The number of nitrogens with one attached hydrogen (secondary N) is 1. The first-order valence-electron chi connectivity index (χ1n) is 11.6. The van der Waals surface area contributed by atoms with E-state index in [4.69, 9.17) is 4.74 Å². The minimum absolute atomic E-state index is 0.0730. The van der Waals surface area contributed by atoms with E-state index in [-0.39, 0.29) is 41.6 Å². The van der Waals surface area contributed by atoms with Gasteiger partial charge in [0.25, 0.3) is 5.60 Å². The Morgan fingerprint density at radius 1 is 1.14 bits per heavy atom. The van der Waals surface area contributed by atoms with Crippen LogP contribution < -0.4 is 10.1 Å². The third-order valence-corrected chi connectivity index (χ3v) is 5.85. The summed E-state index contributed by atoms with van der Waals surface area (Å²) in [5.74, 6) is -0.421. The van der Waals surface area contributed by atoms with Crippen molar-refractivity contribution in [2.45, 2.75) is 38.1 Å². The molecule has 0 aliphatic carbocycles. The van der Waals surface area contributed by atoms with Crippen LogP contribution >= 0.6 is 0 Å². The van der Waals surface area contributed by atoms with Crippen LogP contribution in [0.2, 0.25) is 0 Å². The lowest BCUT2D eigenvalue weighted by molar-refractivity contribution is -0.519. The zero-order chi connectivity index (χ0) is 27.2. The molecule has 0 saturated carbocycles. The van der Waals surface area contributed by atoms with E-state index < -0.39 is 34.8 Å². The maximum absolute atomic E-state index is 14.0. The molecule has 7 nitrogen and oxygen atoms in total. The Hall–Kier alpha value is -3.57. The summed E-state index contributed by atoms with van der Waals surface area (Å²) in [5.41, 5.74) is -3.39. The molecule has 0 amide bonds. The minimum atomic E-state index is -5.39. The van der Waals surface area contributed by atoms with Crippen molar-refractivity contribution in [2.24, 2.45) is 0 Å². The van der Waals surface area contributed by atoms with E-state index in [0.717, 1.165) is 23.8 Å². The number of halogens is 4. The number of rotatable bonds is 11. The van der Waals surface area contributed by atoms with Crippen LogP contribution in [0.3, 0.4) is 0 Å². The predicted molar refractivity (Wildman–Crippen MR) is 129 cm³/mol. The molecule has 2 aromatic carbocycles. The van der Waals surface area contributed by atoms with Gasteiger partial charge in [0.1, 0.15) is 17.3 Å². The van der Waals surface area contributed by atoms with Crippen molar-refractivity contribution < 1.29 is 32.3 Å². The number of pyridine rings is 1. The molecule has 11 heteroatoms. The number of benzene rings is 2. The minimum Gasteiger partial charge on any atom is -0.491 e. The maximum Gasteiger partial charge on any atom is 0.429 e. The summed E-state index contributed by atoms with van der Waals surface area (Å²) in [6.45, 7) is 2.24. The van der Waals surface area contributed by atoms with Crippen LogP contribution in [0.1, 0.15) is 36.7 Å². The Morgan fingerprint density at radius 3 is 2.35 bits per heavy atom. The molecule has 2 atom stereocenters. The van der Waals surface area contributed by atoms with Crippen LogP contribution in [0.25, 0.3) is 11.3 Å². The average molecular weight is 522 g/mol. The number of alkyl halides is 3. The fourth-order valence-electron chi connectivity index (χ4n) is 3.88. The molecule has 0 aliphatic rings. The molecule has 1 aromatic heterocycles. The standard InChI is InChI=1S/C26H27F4N3O4/c1-3-37-24-20(13-14-31-17(2)18-7-5-4-6-8-18)15-22(25(34,16-33(35)36)26(28,29)30)32-23(24)19-9-11-21(27)12-10-19/h4-12,15,17,31,34H,3,13-14,16H2,1-2H3/t17-,25?/m0/s1. The van der Waals surface area contributed by atoms with Gasteiger partial charge in [0.15, 0.2) is 0 Å². The maximum atomic E-state index is 14.0. The molecular formula is C26H27F4N3O4. The van der Waals surface area contributed by atoms with E-state index in [2.05, 4.69) is 10.3 Å². The first-order valence-corrected chi connectivity index (χ1v) is 11.6. The van der Waals surface area contributed by atoms with Crippen molar-refractivity contribution in [3.63, 3.8) is 0 Å². The fraction of sp³-hybridized carbons (Fsp3) is 0.346. The molecule has 1 heterocycles. The zero-order valence-corrected chi connectivity index (χ0v) is 20.3. The van der Waals surface area contributed by atoms with Crippen LogP contribution in [-0.2, 0) is 12.0 Å². The average Bonchev–Trinajstić information content (AvgIpc) is 2.84. The van der Waals surface area contributed by atoms with Gasteiger partial charge in [-0.1, -0.05) is 30.3 Å². The first kappa shape index (κ1) is 28.0. The lowest BCUT2D eigenvalue weighted by atomic mass is 9.94. The highest BCUT2D eigenvalue weighted by atomic mass is 19.4. The van der Waals surface area contributed by atoms with Crippen LogP contribution in [0.4, 0.5) is 17.6 Å². The number of aromatic nitrogens is 1. The second kappa shape index (κ2) is 11.7. The van der Waals surface area contributed by atoms with Crippen molar-refractivity contribution in [3.8, 4) is 17.0 Å². The van der Waals surface area contributed by atoms with Gasteiger partial charge in [0, 0.05) is 16.5 Å². The lowest BCUT2D eigenvalue weighted by Crippen LogP contribution is -2.48. The van der Waals surface area contributed by atoms with Gasteiger partial charge in [-0.15, -0.1) is 0 Å². The highest BCUT2D eigenvalue weighted by molar-refractivity contribution is 5.69. The Balaban J connectivity index is 2.10. The second-order valence-electron chi connectivity index (χ2n) is 8.47. The summed E-state index contributed by atoms with van der Waals surface area (Å²) < 4.78 is 61.2. The van der Waals surface area contributed by atoms with Gasteiger partial charge in [-0.05, 0) is 68.3 Å². The van der Waals surface area contributed by atoms with Crippen molar-refractivity contribution in [1.82, 2.24) is 10.3 Å². The summed E-state index contributed by atoms with van der Waals surface area (Å²) in [6, 6.07) is 15.3. The van der Waals surface area contributed by atoms with E-state index in [1.54, 1.807) is 6.92 Å². The van der Waals surface area contributed by atoms with Gasteiger partial charge >= 0.3 is 6.18 Å². The Morgan fingerprint density at radius 2 is 1.78 bits per heavy atom. The molecule has 198 valence electrons. The molecule has 0 aliphatic heterocycles. The van der Waals surface area contributed by atoms with Crippen molar-refractivity contribution in [3.05, 3.63) is 93.4 Å². The van der Waals surface area contributed by atoms with E-state index in [0.29, 0.717) is 6.54 Å². The third-order valence-electron chi connectivity index (χ3n) is 5.85. The Labute approximate surface area is 211 Å². The molecule has 0 radical (unpaired) electrons. The van der Waals surface area contributed by atoms with Gasteiger partial charge in [0.05, 0.1) is 12.3 Å². The fourth-order valence-corrected chi connectivity index (χ4v) is 3.88. The SMILES string of the molecule is CCOc1c(CCN[C@@H](C)c2ccccc2)cc(C(O)(C[N+](=O)[O-])C(F)(F)F)nc1-c1ccc(F)cc1. The molecule has 2 N–H and O–H groups in total. The highest BCUT2D eigenvalue weighted by Crippen LogP contribution is 2.42. The summed E-state index contributed by atoms with van der Waals surface area (Å²) in [6.07, 6.45) is -5.24. The molecular weight excluding hydrogens is 494 g/mol. The number of ether oxygens (including phenoxy) is 1. The van der Waals surface area contributed by atoms with E-state index in [1.165, 1.54) is 12.1 Å². The molecule has 0 bridgehead atoms. The molecule has 3 rings (SSSR count). The number of hydrogen-bond acceptors (Lipinski definition) is 6. The topological polar surface area (TPSA) is 97.5 Å². The van der Waals surface area contributed by atoms with Gasteiger partial charge < -0.3 is 15.2 Å². The molecule has 37 heavy (non-hydrogen) atoms. The van der Waals surface area contributed by atoms with E-state index in [9.17, 15) is 32.8 Å². The van der Waals surface area contributed by atoms with Crippen molar-refractivity contribution in [1.29, 1.82) is 0 Å². The summed E-state index contributed by atoms with van der Waals surface area (Å²) in [4.78, 5) is 13.9. The van der Waals surface area contributed by atoms with Crippen molar-refractivity contribution in [2.75, 3.05) is 19.7 Å². The van der Waals surface area contributed by atoms with Gasteiger partial charge in [-0.2, -0.15) is 13.2 Å². The molecule has 3 aromatic rings. The third kappa shape index (κ3) is 6.60. The lowest BCUT2D eigenvalue weighted by Gasteiger charge is -2.28. The number of nitro groups is 1. The monoisotopic (exact) mass is 521 g/mol. The zero-order valence-electron chi connectivity index (χ0n) is 20.3. The van der Waals surface area contributed by atoms with Crippen LogP contribution in [-0.4, -0.2) is 40.9 Å². The van der Waals surface area contributed by atoms with Crippen LogP contribution in [0, 0.1) is 15.9 Å². The molecule has 0 saturated heterocycles. The Bertz CT molecular complexity index is 1210. The van der Waals surface area contributed by atoms with Gasteiger partial charge in [-0.3, -0.25) is 10.1 Å². The molecule has 0 spiro atoms. The number of hydrogen-bond donors (Lipinski definition) is 2. The van der Waals surface area contributed by atoms with Gasteiger partial charge in [0.2, 0.25) is 6.54 Å². The Kier molecular flexibility index (Phi) is 8.82. The normalized spacial score (nSPS) is 14.1. The van der Waals surface area contributed by atoms with Crippen molar-refractivity contribution >= 4 is 0 Å². The predicted octanol–water partition coefficient (Wildman–Crippen LogP) is 5.21. The van der Waals surface area contributed by atoms with Crippen LogP contribution in [0.5, 0.6) is 5.75 Å². The van der Waals surface area contributed by atoms with E-state index in [1.807, 2.05) is 37.3 Å². The van der Waals surface area contributed by atoms with Gasteiger partial charge in [-0.25, -0.2) is 9.37 Å². The van der Waals surface area contributed by atoms with E-state index >= 15 is 0 Å².